The van der Waals surface area contributed by atoms with E-state index in [1.54, 1.807) is 13.0 Å². The minimum absolute atomic E-state index is 0.206. The number of allylic oxidation sites excluding steroid dienone is 1. The summed E-state index contributed by atoms with van der Waals surface area (Å²) in [4.78, 5) is 11.5. The molecule has 1 rings (SSSR count). The first-order chi connectivity index (χ1) is 11.2. The molecular formula is C18H27ClO4Si. The van der Waals surface area contributed by atoms with Crippen molar-refractivity contribution >= 4 is 31.2 Å². The molecule has 0 spiro atoms. The zero-order valence-corrected chi connectivity index (χ0v) is 16.9. The zero-order chi connectivity index (χ0) is 18.2. The van der Waals surface area contributed by atoms with Gasteiger partial charge in [0.15, 0.2) is 6.79 Å². The normalized spacial score (nSPS) is 12.2. The molecular weight excluding hydrogens is 344 g/mol. The van der Waals surface area contributed by atoms with Gasteiger partial charge in [-0.3, -0.25) is 0 Å². The Morgan fingerprint density at radius 1 is 1.29 bits per heavy atom. The largest absolute Gasteiger partial charge is 0.468 e. The second kappa shape index (κ2) is 9.86. The van der Waals surface area contributed by atoms with Gasteiger partial charge in [-0.25, -0.2) is 4.79 Å². The lowest BCUT2D eigenvalue weighted by Crippen LogP contribution is -2.22. The summed E-state index contributed by atoms with van der Waals surface area (Å²) < 4.78 is 16.0. The van der Waals surface area contributed by atoms with E-state index in [1.807, 2.05) is 19.1 Å². The van der Waals surface area contributed by atoms with E-state index in [4.69, 9.17) is 25.8 Å². The zero-order valence-electron chi connectivity index (χ0n) is 15.1. The quantitative estimate of drug-likeness (QED) is 0.202. The fraction of sp³-hybridized carbons (Fsp3) is 0.500. The maximum absolute atomic E-state index is 11.5. The van der Waals surface area contributed by atoms with Crippen LogP contribution in [0.3, 0.4) is 0 Å². The Bertz CT molecular complexity index is 579. The molecule has 0 amide bonds. The van der Waals surface area contributed by atoms with Crippen molar-refractivity contribution in [3.63, 3.8) is 0 Å². The molecule has 0 fully saturated rings. The highest BCUT2D eigenvalue weighted by Crippen LogP contribution is 2.28. The average Bonchev–Trinajstić information content (AvgIpc) is 2.45. The Morgan fingerprint density at radius 2 is 2.00 bits per heavy atom. The monoisotopic (exact) mass is 370 g/mol. The Labute approximate surface area is 150 Å². The van der Waals surface area contributed by atoms with Gasteiger partial charge >= 0.3 is 5.97 Å². The van der Waals surface area contributed by atoms with E-state index in [2.05, 4.69) is 19.6 Å². The van der Waals surface area contributed by atoms with Gasteiger partial charge in [-0.2, -0.15) is 0 Å². The summed E-state index contributed by atoms with van der Waals surface area (Å²) in [5, 5.41) is 0.521. The second-order valence-electron chi connectivity index (χ2n) is 6.70. The maximum Gasteiger partial charge on any atom is 0.331 e. The lowest BCUT2D eigenvalue weighted by atomic mass is 10.1. The lowest BCUT2D eigenvalue weighted by molar-refractivity contribution is -0.137. The molecule has 24 heavy (non-hydrogen) atoms. The lowest BCUT2D eigenvalue weighted by Gasteiger charge is -2.15. The third kappa shape index (κ3) is 7.99. The van der Waals surface area contributed by atoms with Crippen molar-refractivity contribution in [3.05, 3.63) is 34.9 Å². The van der Waals surface area contributed by atoms with Crippen LogP contribution in [0, 0.1) is 0 Å². The van der Waals surface area contributed by atoms with Gasteiger partial charge in [-0.15, -0.1) is 0 Å². The van der Waals surface area contributed by atoms with Gasteiger partial charge in [-0.05, 0) is 49.2 Å². The van der Waals surface area contributed by atoms with E-state index in [0.29, 0.717) is 24.0 Å². The van der Waals surface area contributed by atoms with Crippen LogP contribution in [-0.4, -0.2) is 34.0 Å². The third-order valence-corrected chi connectivity index (χ3v) is 5.31. The van der Waals surface area contributed by atoms with Crippen LogP contribution in [0.25, 0.3) is 5.57 Å². The van der Waals surface area contributed by atoms with Gasteiger partial charge < -0.3 is 14.2 Å². The van der Waals surface area contributed by atoms with E-state index in [9.17, 15) is 4.79 Å². The maximum atomic E-state index is 11.5. The molecule has 0 bridgehead atoms. The molecule has 0 radical (unpaired) electrons. The van der Waals surface area contributed by atoms with Crippen molar-refractivity contribution in [3.8, 4) is 5.75 Å². The SMILES string of the molecule is CCOC(=O)/C=C(/C)c1ccc(OCOCC[Si](C)(C)C)cc1Cl. The molecule has 0 atom stereocenters. The number of hydrogen-bond acceptors (Lipinski definition) is 4. The smallest absolute Gasteiger partial charge is 0.331 e. The summed E-state index contributed by atoms with van der Waals surface area (Å²) in [6, 6.07) is 6.46. The minimum atomic E-state index is -1.08. The predicted molar refractivity (Wildman–Crippen MR) is 101 cm³/mol. The Morgan fingerprint density at radius 3 is 2.58 bits per heavy atom. The average molecular weight is 371 g/mol. The van der Waals surface area contributed by atoms with Crippen molar-refractivity contribution in [1.29, 1.82) is 0 Å². The number of rotatable bonds is 9. The molecule has 1 aromatic rings. The van der Waals surface area contributed by atoms with Crippen LogP contribution in [0.15, 0.2) is 24.3 Å². The molecule has 0 aromatic heterocycles. The highest BCUT2D eigenvalue weighted by molar-refractivity contribution is 6.76. The summed E-state index contributed by atoms with van der Waals surface area (Å²) in [6.45, 7) is 11.8. The molecule has 0 saturated carbocycles. The van der Waals surface area contributed by atoms with Gasteiger partial charge in [0.1, 0.15) is 5.75 Å². The number of carbonyl (C=O) groups excluding carboxylic acids is 1. The fourth-order valence-electron chi connectivity index (χ4n) is 1.89. The molecule has 0 aliphatic carbocycles. The first-order valence-electron chi connectivity index (χ1n) is 8.08. The van der Waals surface area contributed by atoms with Crippen molar-refractivity contribution < 1.29 is 19.0 Å². The number of esters is 1. The molecule has 0 unspecified atom stereocenters. The molecule has 0 N–H and O–H groups in total. The van der Waals surface area contributed by atoms with Gasteiger partial charge in [0.25, 0.3) is 0 Å². The van der Waals surface area contributed by atoms with Crippen LogP contribution in [0.4, 0.5) is 0 Å². The first kappa shape index (κ1) is 20.7. The highest BCUT2D eigenvalue weighted by atomic mass is 35.5. The van der Waals surface area contributed by atoms with E-state index in [1.165, 1.54) is 6.08 Å². The van der Waals surface area contributed by atoms with Crippen molar-refractivity contribution in [2.75, 3.05) is 20.0 Å². The summed E-state index contributed by atoms with van der Waals surface area (Å²) >= 11 is 6.28. The molecule has 4 nitrogen and oxygen atoms in total. The van der Waals surface area contributed by atoms with Crippen LogP contribution in [0.1, 0.15) is 19.4 Å². The summed E-state index contributed by atoms with van der Waals surface area (Å²) in [6.07, 6.45) is 1.44. The van der Waals surface area contributed by atoms with E-state index in [-0.39, 0.29) is 12.8 Å². The number of benzene rings is 1. The second-order valence-corrected chi connectivity index (χ2v) is 12.7. The Hall–Kier alpha value is -1.30. The molecule has 0 heterocycles. The van der Waals surface area contributed by atoms with Gasteiger partial charge in [0.2, 0.25) is 0 Å². The molecule has 134 valence electrons. The van der Waals surface area contributed by atoms with E-state index >= 15 is 0 Å². The molecule has 0 aliphatic heterocycles. The van der Waals surface area contributed by atoms with Crippen LogP contribution < -0.4 is 4.74 Å². The van der Waals surface area contributed by atoms with Crippen LogP contribution in [-0.2, 0) is 14.3 Å². The standard InChI is InChI=1S/C18H27ClO4Si/c1-6-22-18(20)11-14(2)16-8-7-15(12-17(16)19)23-13-21-9-10-24(3,4)5/h7-8,11-12H,6,9-10,13H2,1-5H3/b14-11-. The van der Waals surface area contributed by atoms with E-state index in [0.717, 1.165) is 17.2 Å². The van der Waals surface area contributed by atoms with Gasteiger partial charge in [0, 0.05) is 20.8 Å². The van der Waals surface area contributed by atoms with E-state index < -0.39 is 8.07 Å². The van der Waals surface area contributed by atoms with Crippen molar-refractivity contribution in [2.45, 2.75) is 39.5 Å². The number of carbonyl (C=O) groups is 1. The van der Waals surface area contributed by atoms with Gasteiger partial charge in [-0.1, -0.05) is 31.2 Å². The topological polar surface area (TPSA) is 44.8 Å². The predicted octanol–water partition coefficient (Wildman–Crippen LogP) is 5.00. The molecule has 1 aromatic carbocycles. The van der Waals surface area contributed by atoms with Crippen molar-refractivity contribution in [1.82, 2.24) is 0 Å². The summed E-state index contributed by atoms with van der Waals surface area (Å²) in [7, 11) is -1.08. The Kier molecular flexibility index (Phi) is 8.52. The number of halogens is 1. The highest BCUT2D eigenvalue weighted by Gasteiger charge is 2.12. The molecule has 0 aliphatic rings. The number of ether oxygens (including phenoxy) is 3. The fourth-order valence-corrected chi connectivity index (χ4v) is 2.97. The van der Waals surface area contributed by atoms with Gasteiger partial charge in [0.05, 0.1) is 11.6 Å². The van der Waals surface area contributed by atoms with Crippen molar-refractivity contribution in [2.24, 2.45) is 0 Å². The first-order valence-corrected chi connectivity index (χ1v) is 12.2. The number of hydrogen-bond donors (Lipinski definition) is 0. The van der Waals surface area contributed by atoms with Crippen LogP contribution in [0.5, 0.6) is 5.75 Å². The third-order valence-electron chi connectivity index (χ3n) is 3.29. The Balaban J connectivity index is 2.57. The van der Waals surface area contributed by atoms with Crippen LogP contribution >= 0.6 is 11.6 Å². The summed E-state index contributed by atoms with van der Waals surface area (Å²) in [5.74, 6) is 0.267. The minimum Gasteiger partial charge on any atom is -0.468 e. The van der Waals surface area contributed by atoms with Crippen LogP contribution in [0.2, 0.25) is 30.7 Å². The molecule has 0 saturated heterocycles. The molecule has 6 heteroatoms. The summed E-state index contributed by atoms with van der Waals surface area (Å²) in [5.41, 5.74) is 1.52.